The summed E-state index contributed by atoms with van der Waals surface area (Å²) in [6.45, 7) is 1.96. The van der Waals surface area contributed by atoms with E-state index in [1.807, 2.05) is 0 Å². The molecular weight excluding hydrogens is 244 g/mol. The lowest BCUT2D eigenvalue weighted by Crippen LogP contribution is -2.46. The topological polar surface area (TPSA) is 49.4 Å². The van der Waals surface area contributed by atoms with E-state index < -0.39 is 9.84 Å². The van der Waals surface area contributed by atoms with Gasteiger partial charge in [-0.15, -0.1) is 0 Å². The summed E-state index contributed by atoms with van der Waals surface area (Å²) < 4.78 is 22.4. The average Bonchev–Trinajstić information content (AvgIpc) is 2.59. The fraction of sp³-hybridized carbons (Fsp3) is 0.700. The maximum atomic E-state index is 11.2. The smallest absolute Gasteiger partial charge is 0.173 e. The van der Waals surface area contributed by atoms with Crippen LogP contribution in [0.3, 0.4) is 0 Å². The van der Waals surface area contributed by atoms with Crippen molar-refractivity contribution in [2.75, 3.05) is 18.8 Å². The molecule has 0 bridgehead atoms. The monoisotopic (exact) mass is 260 g/mol. The second-order valence-electron chi connectivity index (χ2n) is 4.26. The molecule has 2 rings (SSSR count). The lowest BCUT2D eigenvalue weighted by molar-refractivity contribution is 0.337. The molecule has 90 valence electrons. The Labute approximate surface area is 102 Å². The van der Waals surface area contributed by atoms with Crippen molar-refractivity contribution < 1.29 is 8.42 Å². The highest BCUT2D eigenvalue weighted by Gasteiger charge is 2.23. The van der Waals surface area contributed by atoms with Crippen molar-refractivity contribution in [2.45, 2.75) is 25.3 Å². The van der Waals surface area contributed by atoms with Crippen LogP contribution < -0.4 is 5.32 Å². The van der Waals surface area contributed by atoms with Gasteiger partial charge in [0, 0.05) is 18.5 Å². The highest BCUT2D eigenvalue weighted by Crippen LogP contribution is 2.11. The van der Waals surface area contributed by atoms with Crippen LogP contribution >= 0.6 is 12.2 Å². The third-order valence-electron chi connectivity index (χ3n) is 2.88. The predicted octanol–water partition coefficient (Wildman–Crippen LogP) is 0.657. The normalized spacial score (nSPS) is 28.0. The van der Waals surface area contributed by atoms with Crippen molar-refractivity contribution in [1.82, 2.24) is 10.2 Å². The Hall–Kier alpha value is -0.620. The molecule has 0 spiro atoms. The summed E-state index contributed by atoms with van der Waals surface area (Å²) in [5, 5.41) is 5.05. The van der Waals surface area contributed by atoms with Gasteiger partial charge in [-0.1, -0.05) is 0 Å². The molecule has 0 aromatic heterocycles. The number of thiocarbonyl (C=S) groups is 1. The van der Waals surface area contributed by atoms with E-state index in [-0.39, 0.29) is 11.8 Å². The SMILES string of the molecule is O=S1(=O)C=CC(NC(=S)N2CCCCC2)C1. The summed E-state index contributed by atoms with van der Waals surface area (Å²) in [7, 11) is -2.99. The molecule has 4 nitrogen and oxygen atoms in total. The van der Waals surface area contributed by atoms with Crippen LogP contribution in [0.2, 0.25) is 0 Å². The highest BCUT2D eigenvalue weighted by atomic mass is 32.2. The molecule has 1 saturated heterocycles. The van der Waals surface area contributed by atoms with Crippen LogP contribution in [-0.2, 0) is 9.84 Å². The maximum Gasteiger partial charge on any atom is 0.173 e. The fourth-order valence-corrected chi connectivity index (χ4v) is 3.58. The summed E-state index contributed by atoms with van der Waals surface area (Å²) in [4.78, 5) is 2.12. The molecule has 0 aromatic rings. The van der Waals surface area contributed by atoms with E-state index in [0.29, 0.717) is 5.11 Å². The zero-order valence-corrected chi connectivity index (χ0v) is 10.7. The van der Waals surface area contributed by atoms with Crippen molar-refractivity contribution >= 4 is 27.2 Å². The van der Waals surface area contributed by atoms with Gasteiger partial charge in [-0.2, -0.15) is 0 Å². The number of sulfone groups is 1. The van der Waals surface area contributed by atoms with Gasteiger partial charge in [-0.3, -0.25) is 0 Å². The van der Waals surface area contributed by atoms with E-state index in [1.165, 1.54) is 24.7 Å². The van der Waals surface area contributed by atoms with Crippen LogP contribution in [0, 0.1) is 0 Å². The predicted molar refractivity (Wildman–Crippen MR) is 67.9 cm³/mol. The number of nitrogens with one attached hydrogen (secondary N) is 1. The lowest BCUT2D eigenvalue weighted by atomic mass is 10.1. The zero-order chi connectivity index (χ0) is 11.6. The summed E-state index contributed by atoms with van der Waals surface area (Å²) in [6.07, 6.45) is 5.27. The van der Waals surface area contributed by atoms with Gasteiger partial charge in [0.2, 0.25) is 0 Å². The largest absolute Gasteiger partial charge is 0.355 e. The molecule has 1 fully saturated rings. The van der Waals surface area contributed by atoms with E-state index in [1.54, 1.807) is 6.08 Å². The maximum absolute atomic E-state index is 11.2. The highest BCUT2D eigenvalue weighted by molar-refractivity contribution is 7.94. The molecule has 1 N–H and O–H groups in total. The molecule has 1 atom stereocenters. The lowest BCUT2D eigenvalue weighted by Gasteiger charge is -2.30. The first kappa shape index (κ1) is 11.9. The molecule has 0 aromatic carbocycles. The van der Waals surface area contributed by atoms with Crippen molar-refractivity contribution in [3.05, 3.63) is 11.5 Å². The van der Waals surface area contributed by atoms with E-state index in [2.05, 4.69) is 10.2 Å². The summed E-state index contributed by atoms with van der Waals surface area (Å²) in [6, 6.07) is -0.153. The zero-order valence-electron chi connectivity index (χ0n) is 9.05. The van der Waals surface area contributed by atoms with Crippen LogP contribution in [0.4, 0.5) is 0 Å². The molecule has 0 saturated carbocycles. The Morgan fingerprint density at radius 2 is 2.00 bits per heavy atom. The molecule has 6 heteroatoms. The minimum atomic E-state index is -2.99. The van der Waals surface area contributed by atoms with Crippen molar-refractivity contribution in [3.8, 4) is 0 Å². The Morgan fingerprint density at radius 1 is 1.31 bits per heavy atom. The van der Waals surface area contributed by atoms with Gasteiger partial charge in [0.05, 0.1) is 11.8 Å². The second-order valence-corrected chi connectivity index (χ2v) is 6.58. The van der Waals surface area contributed by atoms with E-state index in [9.17, 15) is 8.42 Å². The third kappa shape index (κ3) is 2.95. The number of rotatable bonds is 1. The Morgan fingerprint density at radius 3 is 2.56 bits per heavy atom. The van der Waals surface area contributed by atoms with Gasteiger partial charge in [0.1, 0.15) is 0 Å². The molecular formula is C10H16N2O2S2. The number of likely N-dealkylation sites (tertiary alicyclic amines) is 1. The van der Waals surface area contributed by atoms with Crippen molar-refractivity contribution in [2.24, 2.45) is 0 Å². The Bertz CT molecular complexity index is 397. The quantitative estimate of drug-likeness (QED) is 0.702. The molecule has 2 aliphatic heterocycles. The van der Waals surface area contributed by atoms with Gasteiger partial charge in [0.15, 0.2) is 14.9 Å². The summed E-state index contributed by atoms with van der Waals surface area (Å²) >= 11 is 5.27. The third-order valence-corrected chi connectivity index (χ3v) is 4.65. The number of hydrogen-bond acceptors (Lipinski definition) is 3. The molecule has 0 aliphatic carbocycles. The first-order valence-electron chi connectivity index (χ1n) is 5.53. The Balaban J connectivity index is 1.86. The molecule has 16 heavy (non-hydrogen) atoms. The Kier molecular flexibility index (Phi) is 3.49. The van der Waals surface area contributed by atoms with Crippen LogP contribution in [-0.4, -0.2) is 43.3 Å². The van der Waals surface area contributed by atoms with Gasteiger partial charge < -0.3 is 10.2 Å². The molecule has 0 radical (unpaired) electrons. The number of nitrogens with zero attached hydrogens (tertiary/aromatic N) is 1. The van der Waals surface area contributed by atoms with Gasteiger partial charge in [-0.05, 0) is 37.6 Å². The van der Waals surface area contributed by atoms with Crippen LogP contribution in [0.1, 0.15) is 19.3 Å². The van der Waals surface area contributed by atoms with E-state index in [4.69, 9.17) is 12.2 Å². The van der Waals surface area contributed by atoms with E-state index >= 15 is 0 Å². The van der Waals surface area contributed by atoms with Crippen LogP contribution in [0.5, 0.6) is 0 Å². The molecule has 1 unspecified atom stereocenters. The number of piperidine rings is 1. The summed E-state index contributed by atoms with van der Waals surface area (Å²) in [5.74, 6) is 0.126. The van der Waals surface area contributed by atoms with Gasteiger partial charge in [0.25, 0.3) is 0 Å². The fourth-order valence-electron chi connectivity index (χ4n) is 2.01. The average molecular weight is 260 g/mol. The summed E-state index contributed by atoms with van der Waals surface area (Å²) in [5.41, 5.74) is 0. The van der Waals surface area contributed by atoms with Crippen LogP contribution in [0.25, 0.3) is 0 Å². The van der Waals surface area contributed by atoms with Gasteiger partial charge in [-0.25, -0.2) is 8.42 Å². The standard InChI is InChI=1S/C10H16N2O2S2/c13-16(14)7-4-9(8-16)11-10(15)12-5-2-1-3-6-12/h4,7,9H,1-3,5-6,8H2,(H,11,15). The molecule has 2 heterocycles. The van der Waals surface area contributed by atoms with Crippen molar-refractivity contribution in [3.63, 3.8) is 0 Å². The second kappa shape index (κ2) is 4.71. The van der Waals surface area contributed by atoms with Gasteiger partial charge >= 0.3 is 0 Å². The van der Waals surface area contributed by atoms with Crippen LogP contribution in [0.15, 0.2) is 11.5 Å². The molecule has 2 aliphatic rings. The first-order chi connectivity index (χ1) is 7.57. The minimum absolute atomic E-state index is 0.126. The van der Waals surface area contributed by atoms with E-state index in [0.717, 1.165) is 13.1 Å². The van der Waals surface area contributed by atoms with Crippen molar-refractivity contribution in [1.29, 1.82) is 0 Å². The number of hydrogen-bond donors (Lipinski definition) is 1. The first-order valence-corrected chi connectivity index (χ1v) is 7.66. The minimum Gasteiger partial charge on any atom is -0.355 e. The molecule has 0 amide bonds.